The van der Waals surface area contributed by atoms with Crippen LogP contribution in [0, 0.1) is 5.92 Å². The lowest BCUT2D eigenvalue weighted by Gasteiger charge is -2.41. The largest absolute Gasteiger partial charge is 0.373 e. The minimum Gasteiger partial charge on any atom is -0.373 e. The summed E-state index contributed by atoms with van der Waals surface area (Å²) in [6, 6.07) is 9.45. The van der Waals surface area contributed by atoms with E-state index in [2.05, 4.69) is 39.9 Å². The van der Waals surface area contributed by atoms with Crippen LogP contribution in [0.4, 0.5) is 11.6 Å². The van der Waals surface area contributed by atoms with Gasteiger partial charge in [-0.05, 0) is 55.5 Å². The predicted molar refractivity (Wildman–Crippen MR) is 206 cm³/mol. The standard InChI is InChI=1S/C40H44N10O6/c51-35-8-7-34(36(52)44-35)50-38(54)30-6-5-27(19-32(30)39(50)55)47-11-9-26(10-12-47)22-45-13-15-46(16-14-45)23-29-24-48(17-18-56-29)40-41-20-28(21-42-40)49-25-43-33-4-2-1-3-31(33)37(49)53/h1-6,19-21,25-26,29,34H,7-18,22-24H2,(H,44,51,52)/i1D. The van der Waals surface area contributed by atoms with Gasteiger partial charge >= 0.3 is 0 Å². The Morgan fingerprint density at radius 3 is 2.30 bits per heavy atom. The second-order valence-corrected chi connectivity index (χ2v) is 15.3. The van der Waals surface area contributed by atoms with E-state index < -0.39 is 23.8 Å². The van der Waals surface area contributed by atoms with Crippen molar-refractivity contribution in [2.24, 2.45) is 5.92 Å². The number of nitrogens with zero attached hydrogens (tertiary/aromatic N) is 9. The van der Waals surface area contributed by atoms with Crippen molar-refractivity contribution in [3.63, 3.8) is 0 Å². The maximum Gasteiger partial charge on any atom is 0.265 e. The van der Waals surface area contributed by atoms with Gasteiger partial charge in [0.25, 0.3) is 17.4 Å². The van der Waals surface area contributed by atoms with Gasteiger partial charge in [0.15, 0.2) is 0 Å². The zero-order valence-electron chi connectivity index (χ0n) is 32.0. The highest BCUT2D eigenvalue weighted by molar-refractivity contribution is 6.23. The third-order valence-corrected chi connectivity index (χ3v) is 11.8. The number of imide groups is 2. The number of morpholine rings is 1. The van der Waals surface area contributed by atoms with Crippen LogP contribution in [0.15, 0.2) is 66.0 Å². The summed E-state index contributed by atoms with van der Waals surface area (Å²) >= 11 is 0. The number of hydrogen-bond acceptors (Lipinski definition) is 13. The third kappa shape index (κ3) is 7.03. The van der Waals surface area contributed by atoms with E-state index in [0.29, 0.717) is 59.3 Å². The predicted octanol–water partition coefficient (Wildman–Crippen LogP) is 1.32. The van der Waals surface area contributed by atoms with Crippen molar-refractivity contribution in [3.8, 4) is 5.69 Å². The summed E-state index contributed by atoms with van der Waals surface area (Å²) in [7, 11) is 0. The molecule has 16 nitrogen and oxygen atoms in total. The molecule has 2 atom stereocenters. The van der Waals surface area contributed by atoms with Crippen LogP contribution in [-0.2, 0) is 14.3 Å². The smallest absolute Gasteiger partial charge is 0.265 e. The Kier molecular flexibility index (Phi) is 9.44. The highest BCUT2D eigenvalue weighted by Crippen LogP contribution is 2.32. The van der Waals surface area contributed by atoms with E-state index in [0.717, 1.165) is 75.8 Å². The molecule has 4 saturated heterocycles. The lowest BCUT2D eigenvalue weighted by atomic mass is 9.95. The van der Waals surface area contributed by atoms with Crippen molar-refractivity contribution in [1.82, 2.24) is 39.5 Å². The van der Waals surface area contributed by atoms with Gasteiger partial charge in [-0.15, -0.1) is 0 Å². The molecule has 0 aliphatic carbocycles. The van der Waals surface area contributed by atoms with Crippen LogP contribution in [0.3, 0.4) is 0 Å². The molecule has 4 aromatic rings. The molecule has 0 bridgehead atoms. The summed E-state index contributed by atoms with van der Waals surface area (Å²) in [6.07, 6.45) is 7.06. The number of carbonyl (C=O) groups excluding carboxylic acids is 4. The van der Waals surface area contributed by atoms with Gasteiger partial charge < -0.3 is 19.4 Å². The number of para-hydroxylation sites is 1. The molecule has 7 heterocycles. The van der Waals surface area contributed by atoms with Crippen molar-refractivity contribution >= 4 is 46.2 Å². The Labute approximate surface area is 324 Å². The molecule has 0 spiro atoms. The molecule has 16 heteroatoms. The molecule has 1 N–H and O–H groups in total. The fourth-order valence-corrected chi connectivity index (χ4v) is 8.64. The first kappa shape index (κ1) is 34.9. The van der Waals surface area contributed by atoms with E-state index in [4.69, 9.17) is 6.11 Å². The Balaban J connectivity index is 0.729. The van der Waals surface area contributed by atoms with Gasteiger partial charge in [0.1, 0.15) is 12.4 Å². The number of hydrogen-bond donors (Lipinski definition) is 1. The maximum atomic E-state index is 13.3. The number of benzene rings is 2. The molecular weight excluding hydrogens is 717 g/mol. The molecule has 2 aromatic carbocycles. The first-order valence-electron chi connectivity index (χ1n) is 19.9. The summed E-state index contributed by atoms with van der Waals surface area (Å²) < 4.78 is 15.5. The number of piperidine rings is 2. The van der Waals surface area contributed by atoms with Gasteiger partial charge in [-0.2, -0.15) is 0 Å². The maximum absolute atomic E-state index is 13.3. The quantitative estimate of drug-likeness (QED) is 0.256. The third-order valence-electron chi connectivity index (χ3n) is 11.8. The molecule has 0 saturated carbocycles. The van der Waals surface area contributed by atoms with Crippen LogP contribution in [0.25, 0.3) is 16.6 Å². The van der Waals surface area contributed by atoms with Gasteiger partial charge in [0.05, 0.1) is 54.2 Å². The number of ether oxygens (including phenoxy) is 1. The van der Waals surface area contributed by atoms with Crippen LogP contribution in [0.1, 0.15) is 47.8 Å². The number of piperazine rings is 1. The van der Waals surface area contributed by atoms with Crippen molar-refractivity contribution in [1.29, 1.82) is 0 Å². The van der Waals surface area contributed by atoms with E-state index in [1.165, 1.54) is 17.0 Å². The average molecular weight is 762 g/mol. The zero-order valence-corrected chi connectivity index (χ0v) is 31.0. The van der Waals surface area contributed by atoms with E-state index in [1.807, 2.05) is 6.07 Å². The van der Waals surface area contributed by atoms with Crippen molar-refractivity contribution in [2.75, 3.05) is 81.9 Å². The summed E-state index contributed by atoms with van der Waals surface area (Å²) in [5.74, 6) is -0.793. The molecular formula is C40H44N10O6. The topological polar surface area (TPSA) is 166 Å². The molecule has 5 aliphatic heterocycles. The molecule has 4 fully saturated rings. The molecule has 0 radical (unpaired) electrons. The van der Waals surface area contributed by atoms with Crippen LogP contribution < -0.4 is 20.7 Å². The minimum atomic E-state index is -0.969. The fourth-order valence-electron chi connectivity index (χ4n) is 8.64. The number of aromatic nitrogens is 4. The Hall–Kier alpha value is -5.58. The normalized spacial score (nSPS) is 23.1. The number of fused-ring (bicyclic) bond motifs is 2. The SMILES string of the molecule is [2H]c1ccc2ncn(-c3cnc(N4CCOC(CN5CCN(CC6CCN(c7ccc8c(c7)C(=O)N(C7CCC(=O)NC7=O)C8=O)CC6)CC5)C4)nc3)c(=O)c2c1. The minimum absolute atomic E-state index is 0.0254. The molecule has 290 valence electrons. The Morgan fingerprint density at radius 1 is 0.786 bits per heavy atom. The number of anilines is 2. The number of nitrogens with one attached hydrogen (secondary N) is 1. The number of rotatable bonds is 8. The summed E-state index contributed by atoms with van der Waals surface area (Å²) in [5.41, 5.74) is 2.31. The van der Waals surface area contributed by atoms with E-state index in [1.54, 1.807) is 36.7 Å². The second-order valence-electron chi connectivity index (χ2n) is 15.3. The average Bonchev–Trinajstić information content (AvgIpc) is 3.47. The lowest BCUT2D eigenvalue weighted by Crippen LogP contribution is -2.54. The number of amides is 4. The van der Waals surface area contributed by atoms with Crippen LogP contribution in [-0.4, -0.2) is 142 Å². The highest BCUT2D eigenvalue weighted by Gasteiger charge is 2.45. The first-order valence-corrected chi connectivity index (χ1v) is 19.4. The van der Waals surface area contributed by atoms with E-state index in [-0.39, 0.29) is 36.5 Å². The molecule has 2 aromatic heterocycles. The van der Waals surface area contributed by atoms with E-state index >= 15 is 0 Å². The van der Waals surface area contributed by atoms with E-state index in [9.17, 15) is 24.0 Å². The van der Waals surface area contributed by atoms with Gasteiger partial charge in [-0.3, -0.25) is 43.7 Å². The monoisotopic (exact) mass is 761 g/mol. The molecule has 4 amide bonds. The molecule has 9 rings (SSSR count). The van der Waals surface area contributed by atoms with Crippen LogP contribution >= 0.6 is 0 Å². The fraction of sp³-hybridized carbons (Fsp3) is 0.450. The zero-order chi connectivity index (χ0) is 39.2. The first-order chi connectivity index (χ1) is 27.7. The summed E-state index contributed by atoms with van der Waals surface area (Å²) in [5, 5.41) is 2.62. The lowest BCUT2D eigenvalue weighted by molar-refractivity contribution is -0.136. The van der Waals surface area contributed by atoms with Crippen molar-refractivity contribution < 1.29 is 25.3 Å². The molecule has 5 aliphatic rings. The molecule has 56 heavy (non-hydrogen) atoms. The number of carbonyl (C=O) groups is 4. The van der Waals surface area contributed by atoms with Gasteiger partial charge in [0, 0.05) is 77.6 Å². The van der Waals surface area contributed by atoms with Gasteiger partial charge in [-0.25, -0.2) is 15.0 Å². The van der Waals surface area contributed by atoms with Crippen molar-refractivity contribution in [3.05, 3.63) is 82.6 Å². The molecule has 2 unspecified atom stereocenters. The van der Waals surface area contributed by atoms with Crippen LogP contribution in [0.2, 0.25) is 0 Å². The van der Waals surface area contributed by atoms with Gasteiger partial charge in [0.2, 0.25) is 17.8 Å². The summed E-state index contributed by atoms with van der Waals surface area (Å²) in [4.78, 5) is 87.6. The Morgan fingerprint density at radius 2 is 1.54 bits per heavy atom. The second kappa shape index (κ2) is 15.2. The van der Waals surface area contributed by atoms with Crippen molar-refractivity contribution in [2.45, 2.75) is 37.8 Å². The highest BCUT2D eigenvalue weighted by atomic mass is 16.5. The van der Waals surface area contributed by atoms with Gasteiger partial charge in [-0.1, -0.05) is 12.1 Å². The Bertz CT molecular complexity index is 2290. The summed E-state index contributed by atoms with van der Waals surface area (Å²) in [6.45, 7) is 9.47. The van der Waals surface area contributed by atoms with Crippen LogP contribution in [0.5, 0.6) is 0 Å².